The van der Waals surface area contributed by atoms with Gasteiger partial charge in [0.25, 0.3) is 11.8 Å². The molecule has 0 atom stereocenters. The summed E-state index contributed by atoms with van der Waals surface area (Å²) < 4.78 is 0. The number of nitrogens with two attached hydrogens (primary N) is 1. The smallest absolute Gasteiger partial charge is 0.257 e. The maximum atomic E-state index is 12.3. The minimum atomic E-state index is -0.447. The number of hydrogen-bond donors (Lipinski definition) is 4. The van der Waals surface area contributed by atoms with Gasteiger partial charge in [-0.05, 0) is 46.7 Å². The minimum Gasteiger partial charge on any atom is -0.370 e. The molecule has 0 fully saturated rings. The van der Waals surface area contributed by atoms with Gasteiger partial charge in [0, 0.05) is 30.1 Å². The van der Waals surface area contributed by atoms with Gasteiger partial charge >= 0.3 is 0 Å². The van der Waals surface area contributed by atoms with Crippen molar-refractivity contribution in [2.24, 2.45) is 5.73 Å². The Labute approximate surface area is 174 Å². The Morgan fingerprint density at radius 2 is 1.57 bits per heavy atom. The maximum absolute atomic E-state index is 12.3. The number of halogens is 2. The number of amides is 2. The van der Waals surface area contributed by atoms with E-state index in [1.54, 1.807) is 48.8 Å². The van der Waals surface area contributed by atoms with Crippen LogP contribution in [0.15, 0.2) is 60.9 Å². The van der Waals surface area contributed by atoms with Crippen LogP contribution in [0.3, 0.4) is 0 Å². The summed E-state index contributed by atoms with van der Waals surface area (Å²) in [4.78, 5) is 28.2. The summed E-state index contributed by atoms with van der Waals surface area (Å²) in [6.45, 7) is 0.398. The first-order valence-corrected chi connectivity index (χ1v) is 7.89. The van der Waals surface area contributed by atoms with Gasteiger partial charge in [-0.25, -0.2) is 0 Å². The molecule has 0 aliphatic rings. The summed E-state index contributed by atoms with van der Waals surface area (Å²) >= 11 is 0. The lowest BCUT2D eigenvalue weighted by molar-refractivity contribution is 0.0948. The number of carbonyl (C=O) groups excluding carboxylic acids is 2. The van der Waals surface area contributed by atoms with Crippen molar-refractivity contribution in [1.82, 2.24) is 15.6 Å². The largest absolute Gasteiger partial charge is 0.370 e. The van der Waals surface area contributed by atoms with Crippen molar-refractivity contribution in [3.8, 4) is 0 Å². The normalized spacial score (nSPS) is 9.57. The van der Waals surface area contributed by atoms with Gasteiger partial charge in [0.05, 0.1) is 0 Å². The first-order chi connectivity index (χ1) is 12.5. The minimum absolute atomic E-state index is 0. The molecule has 5 N–H and O–H groups in total. The number of hydrogen-bond acceptors (Lipinski definition) is 4. The number of aromatic nitrogens is 1. The molecule has 0 saturated carbocycles. The Kier molecular flexibility index (Phi) is 8.37. The first-order valence-electron chi connectivity index (χ1n) is 7.89. The summed E-state index contributed by atoms with van der Waals surface area (Å²) in [5.74, 6) is -1.04. The molecule has 3 rings (SSSR count). The van der Waals surface area contributed by atoms with Crippen LogP contribution in [-0.4, -0.2) is 22.8 Å². The molecule has 0 radical (unpaired) electrons. The monoisotopic (exact) mass is 419 g/mol. The molecule has 1 heterocycles. The van der Waals surface area contributed by atoms with Gasteiger partial charge in [-0.2, -0.15) is 0 Å². The van der Waals surface area contributed by atoms with E-state index in [1.807, 2.05) is 12.1 Å². The van der Waals surface area contributed by atoms with Gasteiger partial charge in [0.2, 0.25) is 0 Å². The quantitative estimate of drug-likeness (QED) is 0.383. The van der Waals surface area contributed by atoms with E-state index in [1.165, 1.54) is 0 Å². The van der Waals surface area contributed by atoms with E-state index in [2.05, 4.69) is 15.6 Å². The van der Waals surface area contributed by atoms with Crippen LogP contribution in [0.25, 0.3) is 10.8 Å². The van der Waals surface area contributed by atoms with Crippen LogP contribution in [0.5, 0.6) is 0 Å². The fraction of sp³-hybridized carbons (Fsp3) is 0.0526. The molecule has 0 spiro atoms. The Morgan fingerprint density at radius 3 is 2.11 bits per heavy atom. The number of pyridine rings is 1. The molecule has 3 aromatic rings. The molecule has 0 bridgehead atoms. The molecule has 7 nitrogen and oxygen atoms in total. The highest BCUT2D eigenvalue weighted by Crippen LogP contribution is 2.18. The van der Waals surface area contributed by atoms with E-state index in [9.17, 15) is 9.59 Å². The molecule has 2 amide bonds. The van der Waals surface area contributed by atoms with Gasteiger partial charge in [-0.3, -0.25) is 25.3 Å². The fourth-order valence-corrected chi connectivity index (χ4v) is 2.51. The highest BCUT2D eigenvalue weighted by atomic mass is 35.5. The Bertz CT molecular complexity index is 996. The number of guanidine groups is 1. The number of rotatable bonds is 4. The van der Waals surface area contributed by atoms with Crippen molar-refractivity contribution in [1.29, 1.82) is 5.41 Å². The van der Waals surface area contributed by atoms with E-state index in [0.717, 1.165) is 16.3 Å². The first kappa shape index (κ1) is 22.9. The third-order valence-electron chi connectivity index (χ3n) is 3.79. The van der Waals surface area contributed by atoms with Gasteiger partial charge in [0.15, 0.2) is 5.96 Å². The van der Waals surface area contributed by atoms with E-state index in [-0.39, 0.29) is 30.7 Å². The number of nitrogens with one attached hydrogen (secondary N) is 3. The molecule has 0 saturated heterocycles. The molecule has 9 heteroatoms. The molecular weight excluding hydrogens is 401 g/mol. The molecule has 0 aliphatic heterocycles. The third kappa shape index (κ3) is 5.67. The number of carbonyl (C=O) groups is 2. The lowest BCUT2D eigenvalue weighted by Gasteiger charge is -2.08. The van der Waals surface area contributed by atoms with E-state index in [0.29, 0.717) is 17.7 Å². The highest BCUT2D eigenvalue weighted by molar-refractivity contribution is 6.07. The molecule has 0 unspecified atom stereocenters. The van der Waals surface area contributed by atoms with Crippen molar-refractivity contribution >= 4 is 53.4 Å². The zero-order chi connectivity index (χ0) is 18.5. The van der Waals surface area contributed by atoms with Crippen molar-refractivity contribution in [2.45, 2.75) is 6.54 Å². The molecule has 0 aliphatic carbocycles. The number of nitrogens with zero attached hydrogens (tertiary/aromatic N) is 1. The molecule has 1 aromatic heterocycles. The van der Waals surface area contributed by atoms with Gasteiger partial charge in [-0.1, -0.05) is 18.2 Å². The third-order valence-corrected chi connectivity index (χ3v) is 3.79. The molecule has 146 valence electrons. The predicted molar refractivity (Wildman–Crippen MR) is 113 cm³/mol. The Hall–Kier alpha value is -3.16. The summed E-state index contributed by atoms with van der Waals surface area (Å²) in [5.41, 5.74) is 7.01. The van der Waals surface area contributed by atoms with Crippen LogP contribution in [0.1, 0.15) is 26.3 Å². The average molecular weight is 420 g/mol. The Balaban J connectivity index is 0.00000196. The molecule has 2 aromatic carbocycles. The van der Waals surface area contributed by atoms with Crippen LogP contribution in [0.4, 0.5) is 0 Å². The highest BCUT2D eigenvalue weighted by Gasteiger charge is 2.10. The van der Waals surface area contributed by atoms with Gasteiger partial charge < -0.3 is 11.1 Å². The van der Waals surface area contributed by atoms with Gasteiger partial charge in [-0.15, -0.1) is 24.8 Å². The van der Waals surface area contributed by atoms with Crippen LogP contribution < -0.4 is 16.4 Å². The van der Waals surface area contributed by atoms with Crippen molar-refractivity contribution in [3.05, 3.63) is 77.6 Å². The second-order valence-corrected chi connectivity index (χ2v) is 5.69. The number of fused-ring (bicyclic) bond motifs is 1. The van der Waals surface area contributed by atoms with E-state index >= 15 is 0 Å². The molecular formula is C19H19Cl2N5O2. The summed E-state index contributed by atoms with van der Waals surface area (Å²) in [5, 5.41) is 13.8. The summed E-state index contributed by atoms with van der Waals surface area (Å²) in [7, 11) is 0. The van der Waals surface area contributed by atoms with Gasteiger partial charge in [0.1, 0.15) is 0 Å². The summed E-state index contributed by atoms with van der Waals surface area (Å²) in [6, 6.07) is 14.0. The van der Waals surface area contributed by atoms with E-state index in [4.69, 9.17) is 11.1 Å². The average Bonchev–Trinajstić information content (AvgIpc) is 2.65. The van der Waals surface area contributed by atoms with Crippen LogP contribution in [0.2, 0.25) is 0 Å². The lowest BCUT2D eigenvalue weighted by atomic mass is 10.0. The fourth-order valence-electron chi connectivity index (χ4n) is 2.51. The van der Waals surface area contributed by atoms with Crippen molar-refractivity contribution < 1.29 is 9.59 Å². The SMILES string of the molecule is Cl.Cl.N=C(N)NC(=O)c1ccc2cc(C(=O)NCc3cccnc3)ccc2c1. The maximum Gasteiger partial charge on any atom is 0.257 e. The van der Waals surface area contributed by atoms with Crippen LogP contribution in [-0.2, 0) is 6.54 Å². The topological polar surface area (TPSA) is 121 Å². The van der Waals surface area contributed by atoms with Crippen molar-refractivity contribution in [3.63, 3.8) is 0 Å². The second-order valence-electron chi connectivity index (χ2n) is 5.69. The van der Waals surface area contributed by atoms with Crippen molar-refractivity contribution in [2.75, 3.05) is 0 Å². The summed E-state index contributed by atoms with van der Waals surface area (Å²) in [6.07, 6.45) is 3.38. The lowest BCUT2D eigenvalue weighted by Crippen LogP contribution is -2.35. The zero-order valence-electron chi connectivity index (χ0n) is 14.6. The second kappa shape index (κ2) is 10.2. The number of benzene rings is 2. The van der Waals surface area contributed by atoms with Crippen LogP contribution >= 0.6 is 24.8 Å². The van der Waals surface area contributed by atoms with Crippen LogP contribution in [0, 0.1) is 5.41 Å². The standard InChI is InChI=1S/C19H17N5O2.2ClH/c20-19(21)24-18(26)16-6-4-13-8-15(5-3-14(13)9-16)17(25)23-11-12-2-1-7-22-10-12;;/h1-10H,11H2,(H,23,25)(H4,20,21,24,26);2*1H. The Morgan fingerprint density at radius 1 is 0.964 bits per heavy atom. The molecule has 28 heavy (non-hydrogen) atoms. The van der Waals surface area contributed by atoms with E-state index < -0.39 is 11.9 Å². The zero-order valence-corrected chi connectivity index (χ0v) is 16.3. The predicted octanol–water partition coefficient (Wildman–Crippen LogP) is 2.63.